The van der Waals surface area contributed by atoms with Gasteiger partial charge in [0.2, 0.25) is 0 Å². The van der Waals surface area contributed by atoms with Gasteiger partial charge in [-0.2, -0.15) is 0 Å². The Hall–Kier alpha value is -0.0823. The third-order valence-electron chi connectivity index (χ3n) is 0.918. The molecule has 0 aliphatic carbocycles. The van der Waals surface area contributed by atoms with E-state index in [-0.39, 0.29) is 19.5 Å². The number of hydrogen-bond donors (Lipinski definition) is 0. The molecular weight excluding hydrogens is 225 g/mol. The van der Waals surface area contributed by atoms with Crippen molar-refractivity contribution in [1.29, 1.82) is 0 Å². The fourth-order valence-electron chi connectivity index (χ4n) is 0.521. The molecule has 0 spiro atoms. The van der Waals surface area contributed by atoms with E-state index >= 15 is 0 Å². The first-order valence-electron chi connectivity index (χ1n) is 2.61. The Morgan fingerprint density at radius 1 is 1.18 bits per heavy atom. The van der Waals surface area contributed by atoms with Crippen LogP contribution in [0.2, 0.25) is 0 Å². The molecule has 0 aliphatic rings. The van der Waals surface area contributed by atoms with Gasteiger partial charge in [-0.1, -0.05) is 18.2 Å². The van der Waals surface area contributed by atoms with Gasteiger partial charge in [-0.25, -0.2) is 0 Å². The first-order valence-corrected chi connectivity index (χ1v) is 3.25. The second kappa shape index (κ2) is 9.92. The van der Waals surface area contributed by atoms with E-state index in [9.17, 15) is 0 Å². The van der Waals surface area contributed by atoms with Gasteiger partial charge < -0.3 is 6.42 Å². The van der Waals surface area contributed by atoms with Crippen LogP contribution in [0.15, 0.2) is 30.3 Å². The molecule has 0 aliphatic heterocycles. The van der Waals surface area contributed by atoms with E-state index in [1.54, 1.807) is 0 Å². The summed E-state index contributed by atoms with van der Waals surface area (Å²) in [4.78, 5) is 0. The van der Waals surface area contributed by atoms with E-state index < -0.39 is 0 Å². The summed E-state index contributed by atoms with van der Waals surface area (Å²) < 4.78 is 8.25. The van der Waals surface area contributed by atoms with Gasteiger partial charge in [0, 0.05) is 19.5 Å². The van der Waals surface area contributed by atoms with Crippen LogP contribution in [-0.4, -0.2) is 0 Å². The average molecular weight is 230 g/mol. The van der Waals surface area contributed by atoms with Gasteiger partial charge in [-0.05, 0) is 0 Å². The third kappa shape index (κ3) is 6.32. The molecule has 50 valence electrons. The number of hydrogen-bond acceptors (Lipinski definition) is 1. The van der Waals surface area contributed by atoms with E-state index in [0.717, 1.165) is 26.0 Å². The second-order valence-corrected chi connectivity index (χ2v) is 1.49. The summed E-state index contributed by atoms with van der Waals surface area (Å²) in [7, 11) is 0. The zero-order valence-corrected chi connectivity index (χ0v) is 10.5. The molecule has 1 nitrogen and oxygen atoms in total. The van der Waals surface area contributed by atoms with Crippen molar-refractivity contribution in [3.63, 3.8) is 0 Å². The molecule has 0 heterocycles. The summed E-state index contributed by atoms with van der Waals surface area (Å²) in [5, 5.41) is 0. The van der Waals surface area contributed by atoms with Gasteiger partial charge in [0.25, 0.3) is 0 Å². The van der Waals surface area contributed by atoms with Crippen LogP contribution in [0.4, 0.5) is 0 Å². The number of benzene rings is 1. The molecule has 1 aromatic carbocycles. The Labute approximate surface area is 91.1 Å². The summed E-state index contributed by atoms with van der Waals surface area (Å²) in [5.74, 6) is 2.28. The van der Waals surface area contributed by atoms with Crippen molar-refractivity contribution in [2.45, 2.75) is 0 Å². The Morgan fingerprint density at radius 3 is 1.91 bits per heavy atom. The molecule has 0 aromatic heterocycles. The van der Waals surface area contributed by atoms with Crippen molar-refractivity contribution >= 4 is 0 Å². The molecule has 0 saturated carbocycles. The van der Waals surface area contributed by atoms with Crippen LogP contribution in [0.25, 0.3) is 0 Å². The van der Waals surface area contributed by atoms with Crippen molar-refractivity contribution in [3.05, 3.63) is 42.3 Å². The topological polar surface area (TPSA) is 17.1 Å². The van der Waals surface area contributed by atoms with Gasteiger partial charge in [0.05, 0.1) is 0 Å². The van der Waals surface area contributed by atoms with Crippen molar-refractivity contribution in [2.75, 3.05) is 0 Å². The summed E-state index contributed by atoms with van der Waals surface area (Å²) in [5.41, 5.74) is 0.826. The minimum absolute atomic E-state index is 0. The summed E-state index contributed by atoms with van der Waals surface area (Å²) in [6.07, 6.45) is 6.69. The van der Waals surface area contributed by atoms with Gasteiger partial charge in [-0.3, -0.25) is 5.92 Å². The van der Waals surface area contributed by atoms with Crippen LogP contribution >= 0.6 is 0 Å². The molecule has 1 rings (SSSR count). The van der Waals surface area contributed by atoms with Crippen LogP contribution in [-0.2, 0) is 43.2 Å². The smallest absolute Gasteiger partial charge is 0 e. The predicted molar refractivity (Wildman–Crippen MR) is 33.4 cm³/mol. The molecule has 0 radical (unpaired) electrons. The van der Waals surface area contributed by atoms with Gasteiger partial charge in [0.1, 0.15) is 0 Å². The first kappa shape index (κ1) is 13.5. The van der Waals surface area contributed by atoms with Crippen molar-refractivity contribution in [2.24, 2.45) is 0 Å². The van der Waals surface area contributed by atoms with E-state index in [4.69, 9.17) is 9.75 Å². The van der Waals surface area contributed by atoms with Crippen molar-refractivity contribution in [3.8, 4) is 5.92 Å². The molecule has 3 heteroatoms. The first-order chi connectivity index (χ1) is 4.93. The molecule has 1 aromatic rings. The Bertz CT molecular complexity index is 217. The maximum absolute atomic E-state index is 8.25. The monoisotopic (exact) mass is 229 g/mol. The van der Waals surface area contributed by atoms with Gasteiger partial charge >= 0.3 is 23.7 Å². The normalized spacial score (nSPS) is 6.00. The molecule has 0 unspecified atom stereocenters. The van der Waals surface area contributed by atoms with Crippen LogP contribution < -0.4 is 0 Å². The molecular formula is C8H5OTiZn-. The largest absolute Gasteiger partial charge is 0 e. The maximum Gasteiger partial charge on any atom is 0 e. The summed E-state index contributed by atoms with van der Waals surface area (Å²) in [6.45, 7) is 0. The van der Waals surface area contributed by atoms with Gasteiger partial charge in [0.15, 0.2) is 0 Å². The minimum Gasteiger partial charge on any atom is 0 e. The zero-order valence-electron chi connectivity index (χ0n) is 6.00. The molecule has 0 bridgehead atoms. The van der Waals surface area contributed by atoms with Gasteiger partial charge in [-0.15, -0.1) is 17.7 Å². The second-order valence-electron chi connectivity index (χ2n) is 1.49. The van der Waals surface area contributed by atoms with Crippen LogP contribution in [0.3, 0.4) is 0 Å². The predicted octanol–water partition coefficient (Wildman–Crippen LogP) is 1.50. The summed E-state index contributed by atoms with van der Waals surface area (Å²) >= 11 is 0.750. The quantitative estimate of drug-likeness (QED) is 0.375. The number of rotatable bonds is 0. The maximum atomic E-state index is 8.25. The van der Waals surface area contributed by atoms with Crippen molar-refractivity contribution < 1.29 is 43.2 Å². The fraction of sp³-hybridized carbons (Fsp3) is 0. The molecule has 0 N–H and O–H groups in total. The van der Waals surface area contributed by atoms with E-state index in [1.807, 2.05) is 30.3 Å². The van der Waals surface area contributed by atoms with E-state index in [1.165, 1.54) is 0 Å². The molecule has 0 amide bonds. The summed E-state index contributed by atoms with van der Waals surface area (Å²) in [6, 6.07) is 9.37. The van der Waals surface area contributed by atoms with E-state index in [2.05, 4.69) is 5.92 Å². The molecule has 0 atom stereocenters. The molecule has 0 fully saturated rings. The standard InChI is InChI=1S/C8H5.O.Ti.Zn/c1-2-8-6-4-3-5-7-8;;;/h3-7H;;;/q-1;;;. The van der Waals surface area contributed by atoms with Crippen molar-refractivity contribution in [1.82, 2.24) is 0 Å². The molecule has 0 saturated heterocycles. The Balaban J connectivity index is 0. The Morgan fingerprint density at radius 2 is 1.64 bits per heavy atom. The third-order valence-corrected chi connectivity index (χ3v) is 0.918. The zero-order chi connectivity index (χ0) is 7.82. The van der Waals surface area contributed by atoms with Crippen LogP contribution in [0.5, 0.6) is 0 Å². The fourth-order valence-corrected chi connectivity index (χ4v) is 0.521. The van der Waals surface area contributed by atoms with Crippen LogP contribution in [0.1, 0.15) is 5.56 Å². The molecule has 11 heavy (non-hydrogen) atoms. The average Bonchev–Trinajstić information content (AvgIpc) is 2.10. The minimum atomic E-state index is 0. The Kier molecular flexibility index (Phi) is 12.2. The SMILES string of the molecule is [C-]#Cc1ccccc1.[O]=[Ti].[Zn]. The van der Waals surface area contributed by atoms with E-state index in [0.29, 0.717) is 0 Å². The van der Waals surface area contributed by atoms with Crippen LogP contribution in [0, 0.1) is 12.3 Å².